The summed E-state index contributed by atoms with van der Waals surface area (Å²) < 4.78 is 0. The molecule has 0 unspecified atom stereocenters. The van der Waals surface area contributed by atoms with Crippen molar-refractivity contribution >= 4 is 17.3 Å². The monoisotopic (exact) mass is 323 g/mol. The van der Waals surface area contributed by atoms with Gasteiger partial charge in [-0.05, 0) is 44.5 Å². The summed E-state index contributed by atoms with van der Waals surface area (Å²) in [5.74, 6) is 0. The average molecular weight is 324 g/mol. The smallest absolute Gasteiger partial charge is 0.269 e. The number of halogens is 1. The fraction of sp³-hybridized carbons (Fsp3) is 0.500. The van der Waals surface area contributed by atoms with E-state index in [9.17, 15) is 10.1 Å². The third-order valence-electron chi connectivity index (χ3n) is 3.90. The first-order valence-electron chi connectivity index (χ1n) is 7.48. The zero-order valence-corrected chi connectivity index (χ0v) is 13.6. The number of rotatable bonds is 6. The van der Waals surface area contributed by atoms with E-state index < -0.39 is 4.92 Å². The number of nitro groups is 1. The van der Waals surface area contributed by atoms with Crippen molar-refractivity contribution in [1.29, 1.82) is 0 Å². The molecule has 2 rings (SSSR count). The number of hydrogen-bond acceptors (Lipinski definition) is 4. The second-order valence-corrected chi connectivity index (χ2v) is 6.33. The van der Waals surface area contributed by atoms with Gasteiger partial charge < -0.3 is 5.32 Å². The largest absolute Gasteiger partial charge is 0.310 e. The van der Waals surface area contributed by atoms with Crippen LogP contribution in [0.25, 0.3) is 0 Å². The summed E-state index contributed by atoms with van der Waals surface area (Å²) in [5, 5.41) is 14.9. The van der Waals surface area contributed by atoms with Crippen LogP contribution in [0.4, 0.5) is 5.69 Å². The Bertz CT molecular complexity index is 554. The molecule has 0 atom stereocenters. The molecule has 22 heavy (non-hydrogen) atoms. The lowest BCUT2D eigenvalue weighted by Crippen LogP contribution is -2.42. The number of non-ortho nitro benzene ring substituents is 1. The van der Waals surface area contributed by atoms with Gasteiger partial charge >= 0.3 is 0 Å². The lowest BCUT2D eigenvalue weighted by atomic mass is 10.0. The van der Waals surface area contributed by atoms with E-state index in [0.29, 0.717) is 17.6 Å². The van der Waals surface area contributed by atoms with Gasteiger partial charge in [-0.25, -0.2) is 0 Å². The molecule has 0 bridgehead atoms. The van der Waals surface area contributed by atoms with Gasteiger partial charge in [0.25, 0.3) is 5.69 Å². The maximum absolute atomic E-state index is 10.8. The van der Waals surface area contributed by atoms with Crippen LogP contribution in [0, 0.1) is 10.1 Å². The van der Waals surface area contributed by atoms with Gasteiger partial charge in [0.2, 0.25) is 0 Å². The summed E-state index contributed by atoms with van der Waals surface area (Å²) in [4.78, 5) is 12.8. The van der Waals surface area contributed by atoms with E-state index in [1.54, 1.807) is 12.1 Å². The predicted molar refractivity (Wildman–Crippen MR) is 89.2 cm³/mol. The number of benzene rings is 1. The highest BCUT2D eigenvalue weighted by molar-refractivity contribution is 6.31. The molecule has 1 aliphatic heterocycles. The average Bonchev–Trinajstić information content (AvgIpc) is 2.47. The van der Waals surface area contributed by atoms with Crippen LogP contribution in [0.2, 0.25) is 5.02 Å². The SMILES string of the molecule is C=C(C)CN1CCC(NCc2cc([N+](=O)[O-])ccc2Cl)CC1. The number of nitrogens with one attached hydrogen (secondary N) is 1. The van der Waals surface area contributed by atoms with Crippen LogP contribution in [0.15, 0.2) is 30.4 Å². The van der Waals surface area contributed by atoms with E-state index in [2.05, 4.69) is 23.7 Å². The minimum Gasteiger partial charge on any atom is -0.310 e. The van der Waals surface area contributed by atoms with Gasteiger partial charge in [0.15, 0.2) is 0 Å². The number of nitrogens with zero attached hydrogens (tertiary/aromatic N) is 2. The lowest BCUT2D eigenvalue weighted by molar-refractivity contribution is -0.384. The Balaban J connectivity index is 1.85. The molecule has 0 radical (unpaired) electrons. The second kappa shape index (κ2) is 7.72. The first-order chi connectivity index (χ1) is 10.5. The van der Waals surface area contributed by atoms with Crippen molar-refractivity contribution in [1.82, 2.24) is 10.2 Å². The summed E-state index contributed by atoms with van der Waals surface area (Å²) in [6, 6.07) is 5.00. The molecule has 0 aliphatic carbocycles. The van der Waals surface area contributed by atoms with Gasteiger partial charge in [0.05, 0.1) is 4.92 Å². The molecule has 0 saturated carbocycles. The Morgan fingerprint density at radius 3 is 2.77 bits per heavy atom. The quantitative estimate of drug-likeness (QED) is 0.495. The highest BCUT2D eigenvalue weighted by atomic mass is 35.5. The van der Waals surface area contributed by atoms with Crippen LogP contribution in [0.1, 0.15) is 25.3 Å². The topological polar surface area (TPSA) is 58.4 Å². The van der Waals surface area contributed by atoms with Gasteiger partial charge in [-0.15, -0.1) is 0 Å². The Morgan fingerprint density at radius 1 is 1.50 bits per heavy atom. The van der Waals surface area contributed by atoms with E-state index >= 15 is 0 Å². The standard InChI is InChI=1S/C16H22ClN3O2/c1-12(2)11-19-7-5-14(6-8-19)18-10-13-9-15(20(21)22)3-4-16(13)17/h3-4,9,14,18H,1,5-8,10-11H2,2H3. The third-order valence-corrected chi connectivity index (χ3v) is 4.27. The molecule has 1 aromatic carbocycles. The van der Waals surface area contributed by atoms with Gasteiger partial charge in [-0.1, -0.05) is 23.8 Å². The molecule has 1 aromatic rings. The maximum Gasteiger partial charge on any atom is 0.269 e. The molecule has 6 heteroatoms. The van der Waals surface area contributed by atoms with E-state index in [1.807, 2.05) is 0 Å². The zero-order chi connectivity index (χ0) is 16.1. The molecular formula is C16H22ClN3O2. The fourth-order valence-corrected chi connectivity index (χ4v) is 2.93. The predicted octanol–water partition coefficient (Wildman–Crippen LogP) is 3.38. The van der Waals surface area contributed by atoms with Crippen molar-refractivity contribution in [3.05, 3.63) is 51.1 Å². The van der Waals surface area contributed by atoms with Crippen LogP contribution in [-0.4, -0.2) is 35.5 Å². The summed E-state index contributed by atoms with van der Waals surface area (Å²) >= 11 is 6.12. The van der Waals surface area contributed by atoms with E-state index in [0.717, 1.165) is 38.0 Å². The normalized spacial score (nSPS) is 16.6. The molecule has 1 heterocycles. The van der Waals surface area contributed by atoms with Gasteiger partial charge in [-0.3, -0.25) is 15.0 Å². The minimum atomic E-state index is -0.393. The van der Waals surface area contributed by atoms with Crippen LogP contribution in [0.3, 0.4) is 0 Å². The van der Waals surface area contributed by atoms with Gasteiger partial charge in [0.1, 0.15) is 0 Å². The van der Waals surface area contributed by atoms with Crippen molar-refractivity contribution in [2.75, 3.05) is 19.6 Å². The van der Waals surface area contributed by atoms with Crippen molar-refractivity contribution in [3.8, 4) is 0 Å². The Hall–Kier alpha value is -1.43. The Kier molecular flexibility index (Phi) is 5.94. The second-order valence-electron chi connectivity index (χ2n) is 5.92. The Morgan fingerprint density at radius 2 is 2.18 bits per heavy atom. The van der Waals surface area contributed by atoms with Crippen molar-refractivity contribution in [3.63, 3.8) is 0 Å². The van der Waals surface area contributed by atoms with Crippen LogP contribution in [-0.2, 0) is 6.54 Å². The molecule has 120 valence electrons. The van der Waals surface area contributed by atoms with Crippen LogP contribution >= 0.6 is 11.6 Å². The molecule has 0 aromatic heterocycles. The molecule has 1 N–H and O–H groups in total. The third kappa shape index (κ3) is 4.80. The zero-order valence-electron chi connectivity index (χ0n) is 12.8. The Labute approximate surface area is 136 Å². The molecule has 1 fully saturated rings. The maximum atomic E-state index is 10.8. The number of piperidine rings is 1. The van der Waals surface area contributed by atoms with Crippen molar-refractivity contribution in [2.45, 2.75) is 32.4 Å². The lowest BCUT2D eigenvalue weighted by Gasteiger charge is -2.32. The van der Waals surface area contributed by atoms with Crippen molar-refractivity contribution < 1.29 is 4.92 Å². The fourth-order valence-electron chi connectivity index (χ4n) is 2.74. The molecule has 0 amide bonds. The van der Waals surface area contributed by atoms with Crippen LogP contribution in [0.5, 0.6) is 0 Å². The molecule has 0 spiro atoms. The number of hydrogen-bond donors (Lipinski definition) is 1. The summed E-state index contributed by atoms with van der Waals surface area (Å²) in [6.07, 6.45) is 2.14. The first kappa shape index (κ1) is 16.9. The first-order valence-corrected chi connectivity index (χ1v) is 7.86. The molecule has 1 aliphatic rings. The van der Waals surface area contributed by atoms with E-state index in [4.69, 9.17) is 11.6 Å². The van der Waals surface area contributed by atoms with Crippen molar-refractivity contribution in [2.24, 2.45) is 0 Å². The summed E-state index contributed by atoms with van der Waals surface area (Å²) in [6.45, 7) is 9.62. The van der Waals surface area contributed by atoms with Gasteiger partial charge in [-0.2, -0.15) is 0 Å². The summed E-state index contributed by atoms with van der Waals surface area (Å²) in [7, 11) is 0. The van der Waals surface area contributed by atoms with E-state index in [1.165, 1.54) is 11.6 Å². The molecule has 5 nitrogen and oxygen atoms in total. The van der Waals surface area contributed by atoms with Crippen LogP contribution < -0.4 is 5.32 Å². The van der Waals surface area contributed by atoms with Gasteiger partial charge in [0, 0.05) is 36.3 Å². The van der Waals surface area contributed by atoms with E-state index in [-0.39, 0.29) is 5.69 Å². The molecular weight excluding hydrogens is 302 g/mol. The molecule has 1 saturated heterocycles. The highest BCUT2D eigenvalue weighted by Crippen LogP contribution is 2.22. The minimum absolute atomic E-state index is 0.0810. The number of likely N-dealkylation sites (tertiary alicyclic amines) is 1. The highest BCUT2D eigenvalue weighted by Gasteiger charge is 2.19. The number of nitro benzene ring substituents is 1. The summed E-state index contributed by atoms with van der Waals surface area (Å²) in [5.41, 5.74) is 2.05.